The molecule has 7 nitrogen and oxygen atoms in total. The fraction of sp³-hybridized carbons (Fsp3) is 0.636. The highest BCUT2D eigenvalue weighted by Gasteiger charge is 2.26. The van der Waals surface area contributed by atoms with Gasteiger partial charge < -0.3 is 24.0 Å². The van der Waals surface area contributed by atoms with Crippen molar-refractivity contribution >= 4 is 11.8 Å². The maximum absolute atomic E-state index is 13.2. The van der Waals surface area contributed by atoms with Gasteiger partial charge >= 0.3 is 0 Å². The first-order chi connectivity index (χ1) is 14.0. The summed E-state index contributed by atoms with van der Waals surface area (Å²) in [6.07, 6.45) is 4.79. The minimum Gasteiger partial charge on any atom is -0.497 e. The fourth-order valence-electron chi connectivity index (χ4n) is 3.92. The molecule has 2 heterocycles. The number of hydrogen-bond donors (Lipinski definition) is 0. The van der Waals surface area contributed by atoms with E-state index in [0.717, 1.165) is 38.7 Å². The number of carbonyl (C=O) groups is 2. The Morgan fingerprint density at radius 2 is 1.97 bits per heavy atom. The molecule has 1 aromatic carbocycles. The highest BCUT2D eigenvalue weighted by molar-refractivity contribution is 5.97. The number of nitrogens with zero attached hydrogens (tertiary/aromatic N) is 2. The van der Waals surface area contributed by atoms with Gasteiger partial charge in [-0.25, -0.2) is 0 Å². The van der Waals surface area contributed by atoms with Crippen molar-refractivity contribution in [3.63, 3.8) is 0 Å². The molecule has 0 spiro atoms. The lowest BCUT2D eigenvalue weighted by Gasteiger charge is -2.32. The average molecular weight is 405 g/mol. The molecular formula is C22H32N2O5. The molecule has 160 valence electrons. The maximum Gasteiger partial charge on any atom is 0.257 e. The fourth-order valence-corrected chi connectivity index (χ4v) is 3.92. The second-order valence-electron chi connectivity index (χ2n) is 7.86. The van der Waals surface area contributed by atoms with Crippen LogP contribution in [0.3, 0.4) is 0 Å². The van der Waals surface area contributed by atoms with Crippen molar-refractivity contribution in [2.75, 3.05) is 40.4 Å². The molecule has 0 N–H and O–H groups in total. The van der Waals surface area contributed by atoms with Crippen LogP contribution in [0.5, 0.6) is 11.5 Å². The molecule has 0 saturated carbocycles. The van der Waals surface area contributed by atoms with Crippen molar-refractivity contribution in [1.29, 1.82) is 0 Å². The second kappa shape index (κ2) is 9.96. The van der Waals surface area contributed by atoms with Gasteiger partial charge in [-0.15, -0.1) is 0 Å². The number of likely N-dealkylation sites (N-methyl/N-ethyl adjacent to an activating group) is 1. The molecule has 29 heavy (non-hydrogen) atoms. The largest absolute Gasteiger partial charge is 0.497 e. The molecule has 0 aliphatic carbocycles. The lowest BCUT2D eigenvalue weighted by atomic mass is 10.1. The zero-order valence-corrected chi connectivity index (χ0v) is 17.7. The van der Waals surface area contributed by atoms with Gasteiger partial charge in [-0.05, 0) is 37.5 Å². The summed E-state index contributed by atoms with van der Waals surface area (Å²) in [5.74, 6) is 1.17. The number of rotatable bonds is 6. The van der Waals surface area contributed by atoms with Gasteiger partial charge in [0.25, 0.3) is 5.91 Å². The molecule has 0 radical (unpaired) electrons. The standard InChI is InChI=1S/C22H32N2O5/c1-16(25)24-11-9-17(10-12-24)29-21-8-7-18(27-3)14-20(21)22(26)23(2)15-19-6-4-5-13-28-19/h7-8,14,17,19H,4-6,9-13,15H2,1-3H3/t19-/m1/s1. The van der Waals surface area contributed by atoms with Crippen LogP contribution in [0.15, 0.2) is 18.2 Å². The Bertz CT molecular complexity index is 709. The smallest absolute Gasteiger partial charge is 0.257 e. The second-order valence-corrected chi connectivity index (χ2v) is 7.86. The Kier molecular flexibility index (Phi) is 7.36. The SMILES string of the molecule is COc1ccc(OC2CCN(C(C)=O)CC2)c(C(=O)N(C)C[C@H]2CCCCO2)c1. The molecule has 2 fully saturated rings. The first-order valence-electron chi connectivity index (χ1n) is 10.4. The summed E-state index contributed by atoms with van der Waals surface area (Å²) < 4.78 is 17.3. The van der Waals surface area contributed by atoms with Gasteiger partial charge in [-0.3, -0.25) is 9.59 Å². The van der Waals surface area contributed by atoms with Crippen LogP contribution in [0.2, 0.25) is 0 Å². The van der Waals surface area contributed by atoms with Crippen molar-refractivity contribution in [2.45, 2.75) is 51.2 Å². The maximum atomic E-state index is 13.2. The summed E-state index contributed by atoms with van der Waals surface area (Å²) >= 11 is 0. The molecule has 0 bridgehead atoms. The van der Waals surface area contributed by atoms with E-state index in [-0.39, 0.29) is 24.0 Å². The van der Waals surface area contributed by atoms with Crippen LogP contribution in [0, 0.1) is 0 Å². The van der Waals surface area contributed by atoms with Crippen LogP contribution in [-0.2, 0) is 9.53 Å². The normalized spacial score (nSPS) is 20.2. The van der Waals surface area contributed by atoms with Crippen LogP contribution >= 0.6 is 0 Å². The summed E-state index contributed by atoms with van der Waals surface area (Å²) in [7, 11) is 3.39. The number of carbonyl (C=O) groups excluding carboxylic acids is 2. The van der Waals surface area contributed by atoms with Crippen molar-refractivity contribution in [3.05, 3.63) is 23.8 Å². The molecule has 0 unspecified atom stereocenters. The van der Waals surface area contributed by atoms with E-state index in [0.29, 0.717) is 36.7 Å². The van der Waals surface area contributed by atoms with E-state index in [1.54, 1.807) is 44.2 Å². The topological polar surface area (TPSA) is 68.3 Å². The van der Waals surface area contributed by atoms with Crippen molar-refractivity contribution in [2.24, 2.45) is 0 Å². The van der Waals surface area contributed by atoms with Gasteiger partial charge in [0.15, 0.2) is 0 Å². The number of benzene rings is 1. The highest BCUT2D eigenvalue weighted by atomic mass is 16.5. The first-order valence-corrected chi connectivity index (χ1v) is 10.4. The zero-order valence-electron chi connectivity index (χ0n) is 17.7. The van der Waals surface area contributed by atoms with Gasteiger partial charge in [0.2, 0.25) is 5.91 Å². The number of amides is 2. The molecular weight excluding hydrogens is 372 g/mol. The number of piperidine rings is 1. The minimum absolute atomic E-state index is 0.0162. The van der Waals surface area contributed by atoms with Crippen LogP contribution in [-0.4, -0.2) is 74.2 Å². The van der Waals surface area contributed by atoms with E-state index < -0.39 is 0 Å². The summed E-state index contributed by atoms with van der Waals surface area (Å²) in [5, 5.41) is 0. The Hall–Kier alpha value is -2.28. The van der Waals surface area contributed by atoms with Gasteiger partial charge in [0, 0.05) is 53.1 Å². The summed E-state index contributed by atoms with van der Waals surface area (Å²) in [4.78, 5) is 28.2. The van der Waals surface area contributed by atoms with Crippen LogP contribution < -0.4 is 9.47 Å². The molecule has 2 aliphatic heterocycles. The van der Waals surface area contributed by atoms with E-state index in [4.69, 9.17) is 14.2 Å². The first kappa shape index (κ1) is 21.4. The molecule has 2 saturated heterocycles. The van der Waals surface area contributed by atoms with Crippen molar-refractivity contribution in [1.82, 2.24) is 9.80 Å². The molecule has 1 aromatic rings. The number of ether oxygens (including phenoxy) is 3. The molecule has 1 atom stereocenters. The number of hydrogen-bond acceptors (Lipinski definition) is 5. The predicted molar refractivity (Wildman–Crippen MR) is 109 cm³/mol. The molecule has 3 rings (SSSR count). The van der Waals surface area contributed by atoms with Crippen molar-refractivity contribution < 1.29 is 23.8 Å². The predicted octanol–water partition coefficient (Wildman–Crippen LogP) is 2.73. The van der Waals surface area contributed by atoms with Gasteiger partial charge in [-0.2, -0.15) is 0 Å². The number of likely N-dealkylation sites (tertiary alicyclic amines) is 1. The Balaban J connectivity index is 1.69. The number of methoxy groups -OCH3 is 1. The molecule has 2 aliphatic rings. The third-order valence-corrected chi connectivity index (χ3v) is 5.70. The lowest BCUT2D eigenvalue weighted by molar-refractivity contribution is -0.130. The summed E-state index contributed by atoms with van der Waals surface area (Å²) in [5.41, 5.74) is 0.497. The van der Waals surface area contributed by atoms with Crippen molar-refractivity contribution in [3.8, 4) is 11.5 Å². The van der Waals surface area contributed by atoms with Gasteiger partial charge in [0.1, 0.15) is 17.6 Å². The summed E-state index contributed by atoms with van der Waals surface area (Å²) in [6, 6.07) is 5.34. The summed E-state index contributed by atoms with van der Waals surface area (Å²) in [6.45, 7) is 4.27. The van der Waals surface area contributed by atoms with Gasteiger partial charge in [-0.1, -0.05) is 0 Å². The van der Waals surface area contributed by atoms with E-state index in [1.165, 1.54) is 0 Å². The highest BCUT2D eigenvalue weighted by Crippen LogP contribution is 2.28. The minimum atomic E-state index is -0.103. The quantitative estimate of drug-likeness (QED) is 0.729. The average Bonchev–Trinajstić information content (AvgIpc) is 2.74. The molecule has 0 aromatic heterocycles. The van der Waals surface area contributed by atoms with E-state index >= 15 is 0 Å². The Labute approximate surface area is 172 Å². The lowest BCUT2D eigenvalue weighted by Crippen LogP contribution is -2.41. The third kappa shape index (κ3) is 5.63. The van der Waals surface area contributed by atoms with Gasteiger partial charge in [0.05, 0.1) is 18.8 Å². The van der Waals surface area contributed by atoms with E-state index in [2.05, 4.69) is 0 Å². The monoisotopic (exact) mass is 404 g/mol. The Morgan fingerprint density at radius 3 is 2.59 bits per heavy atom. The third-order valence-electron chi connectivity index (χ3n) is 5.70. The van der Waals surface area contributed by atoms with E-state index in [1.807, 2.05) is 4.90 Å². The van der Waals surface area contributed by atoms with E-state index in [9.17, 15) is 9.59 Å². The Morgan fingerprint density at radius 1 is 1.21 bits per heavy atom. The molecule has 7 heteroatoms. The van der Waals surface area contributed by atoms with Crippen LogP contribution in [0.25, 0.3) is 0 Å². The zero-order chi connectivity index (χ0) is 20.8. The molecule has 2 amide bonds. The van der Waals surface area contributed by atoms with Crippen LogP contribution in [0.4, 0.5) is 0 Å². The van der Waals surface area contributed by atoms with Crippen LogP contribution in [0.1, 0.15) is 49.4 Å².